The molecule has 2 heterocycles. The van der Waals surface area contributed by atoms with E-state index in [1.807, 2.05) is 6.92 Å². The lowest BCUT2D eigenvalue weighted by molar-refractivity contribution is 0.0696. The summed E-state index contributed by atoms with van der Waals surface area (Å²) in [6.07, 6.45) is 2.17. The van der Waals surface area contributed by atoms with Crippen molar-refractivity contribution in [2.75, 3.05) is 0 Å². The van der Waals surface area contributed by atoms with Crippen molar-refractivity contribution in [2.45, 2.75) is 26.3 Å². The second kappa shape index (κ2) is 2.37. The Bertz CT molecular complexity index is 339. The molecule has 1 N–H and O–H groups in total. The Balaban J connectivity index is 2.54. The van der Waals surface area contributed by atoms with Gasteiger partial charge in [-0.2, -0.15) is 0 Å². The number of hydrogen-bond acceptors (Lipinski definition) is 1. The largest absolute Gasteiger partial charge is 0.478 e. The molecule has 0 unspecified atom stereocenters. The Morgan fingerprint density at radius 1 is 1.67 bits per heavy atom. The molecule has 1 aliphatic heterocycles. The van der Waals surface area contributed by atoms with Crippen LogP contribution in [0.25, 0.3) is 0 Å². The first-order valence-corrected chi connectivity index (χ1v) is 4.12. The van der Waals surface area contributed by atoms with Crippen LogP contribution in [-0.2, 0) is 13.0 Å². The molecular formula is C9H11NO2. The van der Waals surface area contributed by atoms with E-state index in [4.69, 9.17) is 5.11 Å². The number of carboxylic acid groups (broad SMARTS) is 1. The van der Waals surface area contributed by atoms with Crippen LogP contribution < -0.4 is 0 Å². The van der Waals surface area contributed by atoms with Crippen LogP contribution in [0.15, 0.2) is 6.07 Å². The zero-order chi connectivity index (χ0) is 8.72. The van der Waals surface area contributed by atoms with E-state index in [-0.39, 0.29) is 0 Å². The molecule has 64 valence electrons. The highest BCUT2D eigenvalue weighted by atomic mass is 16.4. The fourth-order valence-electron chi connectivity index (χ4n) is 1.86. The Morgan fingerprint density at radius 3 is 3.00 bits per heavy atom. The molecule has 0 radical (unpaired) electrons. The summed E-state index contributed by atoms with van der Waals surface area (Å²) < 4.78 is 2.10. The summed E-state index contributed by atoms with van der Waals surface area (Å²) in [7, 11) is 0. The first-order valence-electron chi connectivity index (χ1n) is 4.12. The molecule has 1 aromatic rings. The van der Waals surface area contributed by atoms with Gasteiger partial charge in [-0.15, -0.1) is 0 Å². The maximum absolute atomic E-state index is 10.7. The summed E-state index contributed by atoms with van der Waals surface area (Å²) in [6.45, 7) is 2.85. The van der Waals surface area contributed by atoms with Gasteiger partial charge in [0.05, 0.1) is 5.56 Å². The fraction of sp³-hybridized carbons (Fsp3) is 0.444. The van der Waals surface area contributed by atoms with Crippen molar-refractivity contribution in [1.82, 2.24) is 4.57 Å². The first kappa shape index (κ1) is 7.40. The van der Waals surface area contributed by atoms with Crippen molar-refractivity contribution in [3.05, 3.63) is 23.0 Å². The maximum Gasteiger partial charge on any atom is 0.337 e. The average molecular weight is 165 g/mol. The van der Waals surface area contributed by atoms with Gasteiger partial charge in [-0.25, -0.2) is 4.79 Å². The molecule has 0 saturated heterocycles. The molecule has 0 fully saturated rings. The predicted octanol–water partition coefficient (Wildman–Crippen LogP) is 1.44. The third kappa shape index (κ3) is 0.858. The summed E-state index contributed by atoms with van der Waals surface area (Å²) in [5, 5.41) is 8.81. The van der Waals surface area contributed by atoms with Crippen molar-refractivity contribution in [3.8, 4) is 0 Å². The Hall–Kier alpha value is -1.25. The number of aromatic carboxylic acids is 1. The quantitative estimate of drug-likeness (QED) is 0.684. The van der Waals surface area contributed by atoms with Crippen LogP contribution in [0.2, 0.25) is 0 Å². The molecule has 0 amide bonds. The minimum atomic E-state index is -0.811. The highest BCUT2D eigenvalue weighted by molar-refractivity contribution is 5.89. The first-order chi connectivity index (χ1) is 5.70. The zero-order valence-corrected chi connectivity index (χ0v) is 7.00. The second-order valence-corrected chi connectivity index (χ2v) is 3.20. The highest BCUT2D eigenvalue weighted by Gasteiger charge is 2.19. The number of hydrogen-bond donors (Lipinski definition) is 1. The van der Waals surface area contributed by atoms with Gasteiger partial charge in [0.2, 0.25) is 0 Å². The zero-order valence-electron chi connectivity index (χ0n) is 7.00. The molecule has 3 heteroatoms. The molecule has 1 aromatic heterocycles. The predicted molar refractivity (Wildman–Crippen MR) is 44.4 cm³/mol. The van der Waals surface area contributed by atoms with Gasteiger partial charge >= 0.3 is 5.97 Å². The van der Waals surface area contributed by atoms with Gasteiger partial charge in [0.15, 0.2) is 0 Å². The Labute approximate surface area is 70.6 Å². The molecule has 0 aromatic carbocycles. The molecule has 0 atom stereocenters. The van der Waals surface area contributed by atoms with Crippen molar-refractivity contribution < 1.29 is 9.90 Å². The fourth-order valence-corrected chi connectivity index (χ4v) is 1.86. The van der Waals surface area contributed by atoms with Crippen molar-refractivity contribution >= 4 is 5.97 Å². The minimum absolute atomic E-state index is 0.463. The number of fused-ring (bicyclic) bond motifs is 1. The summed E-state index contributed by atoms with van der Waals surface area (Å²) in [5.41, 5.74) is 2.53. The van der Waals surface area contributed by atoms with Gasteiger partial charge in [-0.3, -0.25) is 0 Å². The third-order valence-electron chi connectivity index (χ3n) is 2.50. The van der Waals surface area contributed by atoms with E-state index in [2.05, 4.69) is 4.57 Å². The minimum Gasteiger partial charge on any atom is -0.478 e. The Kier molecular flexibility index (Phi) is 1.46. The molecule has 3 nitrogen and oxygen atoms in total. The number of carbonyl (C=O) groups is 1. The summed E-state index contributed by atoms with van der Waals surface area (Å²) in [4.78, 5) is 10.7. The molecular weight excluding hydrogens is 154 g/mol. The number of nitrogens with zero attached hydrogens (tertiary/aromatic N) is 1. The molecule has 0 spiro atoms. The number of carboxylic acids is 1. The number of rotatable bonds is 1. The maximum atomic E-state index is 10.7. The highest BCUT2D eigenvalue weighted by Crippen LogP contribution is 2.22. The normalized spacial score (nSPS) is 14.8. The lowest BCUT2D eigenvalue weighted by atomic mass is 10.2. The SMILES string of the molecule is Cc1c(C(=O)O)cc2n1CCC2. The average Bonchev–Trinajstić information content (AvgIpc) is 2.53. The Morgan fingerprint density at radius 2 is 2.42 bits per heavy atom. The van der Waals surface area contributed by atoms with Crippen LogP contribution in [0.5, 0.6) is 0 Å². The van der Waals surface area contributed by atoms with Crippen LogP contribution >= 0.6 is 0 Å². The van der Waals surface area contributed by atoms with Crippen LogP contribution in [0.4, 0.5) is 0 Å². The van der Waals surface area contributed by atoms with Crippen molar-refractivity contribution in [2.24, 2.45) is 0 Å². The standard InChI is InChI=1S/C9H11NO2/c1-6-8(9(11)12)5-7-3-2-4-10(6)7/h5H,2-4H2,1H3,(H,11,12). The van der Waals surface area contributed by atoms with E-state index in [1.165, 1.54) is 5.69 Å². The van der Waals surface area contributed by atoms with Crippen LogP contribution in [0.1, 0.15) is 28.2 Å². The van der Waals surface area contributed by atoms with Gasteiger partial charge in [0, 0.05) is 17.9 Å². The van der Waals surface area contributed by atoms with E-state index in [9.17, 15) is 4.79 Å². The molecule has 0 aliphatic carbocycles. The van der Waals surface area contributed by atoms with Crippen LogP contribution in [0.3, 0.4) is 0 Å². The van der Waals surface area contributed by atoms with Crippen LogP contribution in [0, 0.1) is 6.92 Å². The topological polar surface area (TPSA) is 42.2 Å². The van der Waals surface area contributed by atoms with Gasteiger partial charge in [-0.1, -0.05) is 0 Å². The van der Waals surface area contributed by atoms with Gasteiger partial charge in [-0.05, 0) is 25.8 Å². The van der Waals surface area contributed by atoms with E-state index >= 15 is 0 Å². The lowest BCUT2D eigenvalue weighted by Gasteiger charge is -2.00. The van der Waals surface area contributed by atoms with Gasteiger partial charge < -0.3 is 9.67 Å². The number of aryl methyl sites for hydroxylation is 1. The molecule has 1 aliphatic rings. The number of aromatic nitrogens is 1. The van der Waals surface area contributed by atoms with E-state index < -0.39 is 5.97 Å². The lowest BCUT2D eigenvalue weighted by Crippen LogP contribution is -2.01. The third-order valence-corrected chi connectivity index (χ3v) is 2.50. The monoisotopic (exact) mass is 165 g/mol. The van der Waals surface area contributed by atoms with Crippen molar-refractivity contribution in [1.29, 1.82) is 0 Å². The molecule has 0 saturated carbocycles. The van der Waals surface area contributed by atoms with Gasteiger partial charge in [0.25, 0.3) is 0 Å². The van der Waals surface area contributed by atoms with E-state index in [0.717, 1.165) is 25.1 Å². The molecule has 2 rings (SSSR count). The summed E-state index contributed by atoms with van der Waals surface area (Å²) >= 11 is 0. The van der Waals surface area contributed by atoms with E-state index in [0.29, 0.717) is 5.56 Å². The van der Waals surface area contributed by atoms with Crippen LogP contribution in [-0.4, -0.2) is 15.6 Å². The second-order valence-electron chi connectivity index (χ2n) is 3.20. The van der Waals surface area contributed by atoms with Gasteiger partial charge in [0.1, 0.15) is 0 Å². The molecule has 12 heavy (non-hydrogen) atoms. The smallest absolute Gasteiger partial charge is 0.337 e. The van der Waals surface area contributed by atoms with E-state index in [1.54, 1.807) is 6.07 Å². The summed E-state index contributed by atoms with van der Waals surface area (Å²) in [5.74, 6) is -0.811. The van der Waals surface area contributed by atoms with Crippen molar-refractivity contribution in [3.63, 3.8) is 0 Å². The molecule has 0 bridgehead atoms. The summed E-state index contributed by atoms with van der Waals surface area (Å²) in [6, 6.07) is 1.80.